The smallest absolute Gasteiger partial charge is 0.219 e. The van der Waals surface area contributed by atoms with Gasteiger partial charge in [-0.05, 0) is 18.1 Å². The van der Waals surface area contributed by atoms with E-state index in [-0.39, 0.29) is 5.91 Å². The van der Waals surface area contributed by atoms with E-state index in [4.69, 9.17) is 0 Å². The van der Waals surface area contributed by atoms with Crippen LogP contribution in [0.4, 0.5) is 0 Å². The van der Waals surface area contributed by atoms with Gasteiger partial charge in [0.15, 0.2) is 0 Å². The third kappa shape index (κ3) is 3.47. The monoisotopic (exact) mass is 302 g/mol. The average Bonchev–Trinajstić information content (AvgIpc) is 2.89. The molecule has 2 atom stereocenters. The molecule has 0 radical (unpaired) electrons. The second-order valence-electron chi connectivity index (χ2n) is 6.60. The fraction of sp³-hybridized carbons (Fsp3) is 0.647. The van der Waals surface area contributed by atoms with Crippen LogP contribution in [0.15, 0.2) is 24.4 Å². The van der Waals surface area contributed by atoms with Crippen LogP contribution in [0.25, 0.3) is 0 Å². The summed E-state index contributed by atoms with van der Waals surface area (Å²) in [5.74, 6) is 0.878. The van der Waals surface area contributed by atoms with Crippen LogP contribution in [0, 0.1) is 5.92 Å². The van der Waals surface area contributed by atoms with Gasteiger partial charge in [-0.2, -0.15) is 0 Å². The first kappa shape index (κ1) is 15.4. The van der Waals surface area contributed by atoms with Crippen molar-refractivity contribution in [2.75, 3.05) is 39.3 Å². The molecule has 2 saturated heterocycles. The van der Waals surface area contributed by atoms with Gasteiger partial charge < -0.3 is 4.90 Å². The van der Waals surface area contributed by atoms with E-state index in [2.05, 4.69) is 33.8 Å². The highest BCUT2D eigenvalue weighted by molar-refractivity contribution is 5.73. The van der Waals surface area contributed by atoms with Gasteiger partial charge in [-0.1, -0.05) is 13.0 Å². The molecule has 120 valence electrons. The van der Waals surface area contributed by atoms with Crippen LogP contribution in [0.3, 0.4) is 0 Å². The normalized spacial score (nSPS) is 27.3. The largest absolute Gasteiger partial charge is 0.340 e. The Labute approximate surface area is 132 Å². The van der Waals surface area contributed by atoms with Gasteiger partial charge in [-0.15, -0.1) is 0 Å². The van der Waals surface area contributed by atoms with E-state index in [1.54, 1.807) is 6.92 Å². The molecule has 1 aromatic rings. The number of rotatable bonds is 3. The molecule has 5 nitrogen and oxygen atoms in total. The molecule has 0 aliphatic carbocycles. The van der Waals surface area contributed by atoms with Crippen molar-refractivity contribution in [2.24, 2.45) is 5.92 Å². The van der Waals surface area contributed by atoms with Gasteiger partial charge >= 0.3 is 0 Å². The molecule has 3 rings (SSSR count). The zero-order valence-corrected chi connectivity index (χ0v) is 13.6. The molecule has 0 saturated carbocycles. The second-order valence-corrected chi connectivity index (χ2v) is 6.60. The minimum atomic E-state index is 0.205. The van der Waals surface area contributed by atoms with Gasteiger partial charge in [0.25, 0.3) is 0 Å². The van der Waals surface area contributed by atoms with Crippen molar-refractivity contribution in [3.05, 3.63) is 30.1 Å². The summed E-state index contributed by atoms with van der Waals surface area (Å²) >= 11 is 0. The zero-order valence-electron chi connectivity index (χ0n) is 13.6. The lowest BCUT2D eigenvalue weighted by atomic mass is 10.0. The van der Waals surface area contributed by atoms with E-state index in [9.17, 15) is 4.79 Å². The number of hydrogen-bond acceptors (Lipinski definition) is 4. The lowest BCUT2D eigenvalue weighted by molar-refractivity contribution is -0.130. The Kier molecular flexibility index (Phi) is 4.74. The zero-order chi connectivity index (χ0) is 15.5. The summed E-state index contributed by atoms with van der Waals surface area (Å²) in [6.07, 6.45) is 1.87. The molecule has 2 aliphatic rings. The van der Waals surface area contributed by atoms with Crippen molar-refractivity contribution < 1.29 is 4.79 Å². The molecule has 1 aromatic heterocycles. The lowest BCUT2D eigenvalue weighted by Gasteiger charge is -2.39. The Bertz CT molecular complexity index is 499. The van der Waals surface area contributed by atoms with Gasteiger partial charge in [0.2, 0.25) is 5.91 Å². The Morgan fingerprint density at radius 3 is 2.64 bits per heavy atom. The van der Waals surface area contributed by atoms with E-state index in [1.807, 2.05) is 17.2 Å². The summed E-state index contributed by atoms with van der Waals surface area (Å²) in [5.41, 5.74) is 1.15. The predicted molar refractivity (Wildman–Crippen MR) is 86.3 cm³/mol. The van der Waals surface area contributed by atoms with E-state index in [0.29, 0.717) is 12.0 Å². The van der Waals surface area contributed by atoms with Gasteiger partial charge in [0.1, 0.15) is 0 Å². The van der Waals surface area contributed by atoms with Crippen molar-refractivity contribution in [3.63, 3.8) is 0 Å². The number of nitrogens with zero attached hydrogens (tertiary/aromatic N) is 4. The fourth-order valence-electron chi connectivity index (χ4n) is 3.74. The van der Waals surface area contributed by atoms with Crippen molar-refractivity contribution in [1.82, 2.24) is 19.7 Å². The summed E-state index contributed by atoms with van der Waals surface area (Å²) in [6.45, 7) is 11.0. The second kappa shape index (κ2) is 6.75. The summed E-state index contributed by atoms with van der Waals surface area (Å²) in [4.78, 5) is 22.9. The maximum absolute atomic E-state index is 11.4. The number of pyridine rings is 1. The quantitative estimate of drug-likeness (QED) is 0.837. The first-order chi connectivity index (χ1) is 10.6. The number of amides is 1. The maximum Gasteiger partial charge on any atom is 0.219 e. The number of hydrogen-bond donors (Lipinski definition) is 0. The summed E-state index contributed by atoms with van der Waals surface area (Å²) in [6, 6.07) is 6.73. The molecule has 1 amide bonds. The van der Waals surface area contributed by atoms with Gasteiger partial charge in [0.05, 0.1) is 5.69 Å². The third-order valence-electron chi connectivity index (χ3n) is 4.99. The molecule has 2 aliphatic heterocycles. The Morgan fingerprint density at radius 1 is 1.23 bits per heavy atom. The summed E-state index contributed by atoms with van der Waals surface area (Å²) < 4.78 is 0. The van der Waals surface area contributed by atoms with Crippen LogP contribution in [-0.4, -0.2) is 70.9 Å². The highest BCUT2D eigenvalue weighted by Gasteiger charge is 2.35. The van der Waals surface area contributed by atoms with E-state index >= 15 is 0 Å². The van der Waals surface area contributed by atoms with Crippen molar-refractivity contribution >= 4 is 5.91 Å². The van der Waals surface area contributed by atoms with Gasteiger partial charge in [-0.25, -0.2) is 0 Å². The summed E-state index contributed by atoms with van der Waals surface area (Å²) in [5, 5.41) is 0. The number of carbonyl (C=O) groups is 1. The van der Waals surface area contributed by atoms with Crippen molar-refractivity contribution in [3.8, 4) is 0 Å². The van der Waals surface area contributed by atoms with Crippen LogP contribution in [0.1, 0.15) is 19.5 Å². The molecule has 0 spiro atoms. The van der Waals surface area contributed by atoms with Gasteiger partial charge in [-0.3, -0.25) is 19.6 Å². The van der Waals surface area contributed by atoms with E-state index < -0.39 is 0 Å². The van der Waals surface area contributed by atoms with Crippen LogP contribution < -0.4 is 0 Å². The molecule has 2 fully saturated rings. The first-order valence-electron chi connectivity index (χ1n) is 8.25. The van der Waals surface area contributed by atoms with E-state index in [0.717, 1.165) is 51.5 Å². The SMILES string of the molecule is CC(=O)N1CCN([C@@H]2CN(Cc3ccccn3)C[C@H]2C)CC1. The molecule has 22 heavy (non-hydrogen) atoms. The number of piperazine rings is 1. The van der Waals surface area contributed by atoms with Crippen molar-refractivity contribution in [2.45, 2.75) is 26.4 Å². The van der Waals surface area contributed by atoms with Crippen LogP contribution in [0.5, 0.6) is 0 Å². The minimum absolute atomic E-state index is 0.205. The topological polar surface area (TPSA) is 39.7 Å². The minimum Gasteiger partial charge on any atom is -0.340 e. The molecule has 0 unspecified atom stereocenters. The standard InChI is InChI=1S/C17H26N4O/c1-14-11-19(12-16-5-3-4-6-18-16)13-17(14)21-9-7-20(8-10-21)15(2)22/h3-6,14,17H,7-13H2,1-2H3/t14-,17-/m1/s1. The number of likely N-dealkylation sites (tertiary alicyclic amines) is 1. The van der Waals surface area contributed by atoms with Crippen LogP contribution in [0.2, 0.25) is 0 Å². The Morgan fingerprint density at radius 2 is 2.00 bits per heavy atom. The van der Waals surface area contributed by atoms with Crippen LogP contribution >= 0.6 is 0 Å². The van der Waals surface area contributed by atoms with E-state index in [1.165, 1.54) is 0 Å². The third-order valence-corrected chi connectivity index (χ3v) is 4.99. The molecule has 0 aromatic carbocycles. The average molecular weight is 302 g/mol. The molecule has 0 bridgehead atoms. The van der Waals surface area contributed by atoms with Crippen molar-refractivity contribution in [1.29, 1.82) is 0 Å². The Hall–Kier alpha value is -1.46. The van der Waals surface area contributed by atoms with Crippen LogP contribution in [-0.2, 0) is 11.3 Å². The molecule has 3 heterocycles. The first-order valence-corrected chi connectivity index (χ1v) is 8.25. The molecular weight excluding hydrogens is 276 g/mol. The lowest BCUT2D eigenvalue weighted by Crippen LogP contribution is -2.53. The van der Waals surface area contributed by atoms with Gasteiger partial charge in [0, 0.05) is 65.0 Å². The molecule has 5 heteroatoms. The molecular formula is C17H26N4O. The Balaban J connectivity index is 1.54. The number of carbonyl (C=O) groups excluding carboxylic acids is 1. The highest BCUT2D eigenvalue weighted by atomic mass is 16.2. The maximum atomic E-state index is 11.4. The molecule has 0 N–H and O–H groups in total. The highest BCUT2D eigenvalue weighted by Crippen LogP contribution is 2.24. The fourth-order valence-corrected chi connectivity index (χ4v) is 3.74. The summed E-state index contributed by atoms with van der Waals surface area (Å²) in [7, 11) is 0. The number of aromatic nitrogens is 1. The predicted octanol–water partition coefficient (Wildman–Crippen LogP) is 1.07.